The van der Waals surface area contributed by atoms with Gasteiger partial charge in [0.05, 0.1) is 6.61 Å². The molecule has 0 fully saturated rings. The molecule has 3 aromatic carbocycles. The van der Waals surface area contributed by atoms with Crippen LogP contribution in [-0.4, -0.2) is 18.4 Å². The highest BCUT2D eigenvalue weighted by Crippen LogP contribution is 2.13. The van der Waals surface area contributed by atoms with Gasteiger partial charge < -0.3 is 4.74 Å². The Morgan fingerprint density at radius 1 is 0.786 bits per heavy atom. The van der Waals surface area contributed by atoms with Crippen molar-refractivity contribution in [3.05, 3.63) is 101 Å². The van der Waals surface area contributed by atoms with E-state index in [9.17, 15) is 9.59 Å². The summed E-state index contributed by atoms with van der Waals surface area (Å²) in [5.74, 6) is -0.0639. The monoisotopic (exact) mass is 374 g/mol. The number of aryl methyl sites for hydroxylation is 1. The summed E-state index contributed by atoms with van der Waals surface area (Å²) >= 11 is 0. The molecule has 0 aliphatic heterocycles. The first-order valence-electron chi connectivity index (χ1n) is 9.06. The third-order valence-electron chi connectivity index (χ3n) is 4.19. The van der Waals surface area contributed by atoms with Crippen molar-refractivity contribution in [3.63, 3.8) is 0 Å². The molecule has 0 bridgehead atoms. The van der Waals surface area contributed by atoms with Crippen LogP contribution in [-0.2, 0) is 6.42 Å². The van der Waals surface area contributed by atoms with E-state index in [1.54, 1.807) is 42.5 Å². The number of carbonyl (C=O) groups excluding carboxylic acids is 2. The van der Waals surface area contributed by atoms with Crippen molar-refractivity contribution in [2.75, 3.05) is 6.61 Å². The van der Waals surface area contributed by atoms with E-state index in [4.69, 9.17) is 4.74 Å². The van der Waals surface area contributed by atoms with E-state index in [0.29, 0.717) is 23.5 Å². The number of benzene rings is 3. The molecule has 0 heterocycles. The number of amides is 2. The minimum absolute atomic E-state index is 0.363. The number of hydrazine groups is 1. The van der Waals surface area contributed by atoms with Gasteiger partial charge in [-0.25, -0.2) is 0 Å². The van der Waals surface area contributed by atoms with Gasteiger partial charge >= 0.3 is 0 Å². The molecule has 28 heavy (non-hydrogen) atoms. The van der Waals surface area contributed by atoms with Crippen LogP contribution in [0.4, 0.5) is 0 Å². The van der Waals surface area contributed by atoms with Gasteiger partial charge in [-0.05, 0) is 48.9 Å². The van der Waals surface area contributed by atoms with Crippen LogP contribution in [0.2, 0.25) is 0 Å². The fourth-order valence-electron chi connectivity index (χ4n) is 2.68. The predicted molar refractivity (Wildman–Crippen MR) is 108 cm³/mol. The molecular weight excluding hydrogens is 352 g/mol. The van der Waals surface area contributed by atoms with Crippen molar-refractivity contribution in [1.82, 2.24) is 10.9 Å². The van der Waals surface area contributed by atoms with Gasteiger partial charge in [-0.1, -0.05) is 48.0 Å². The van der Waals surface area contributed by atoms with Crippen LogP contribution in [0.15, 0.2) is 78.9 Å². The Morgan fingerprint density at radius 3 is 2.14 bits per heavy atom. The van der Waals surface area contributed by atoms with Gasteiger partial charge in [-0.15, -0.1) is 0 Å². The minimum Gasteiger partial charge on any atom is -0.493 e. The molecule has 5 nitrogen and oxygen atoms in total. The summed E-state index contributed by atoms with van der Waals surface area (Å²) in [5, 5.41) is 0. The van der Waals surface area contributed by atoms with Crippen molar-refractivity contribution in [2.45, 2.75) is 13.3 Å². The Bertz CT molecular complexity index is 938. The van der Waals surface area contributed by atoms with Gasteiger partial charge in [0.1, 0.15) is 5.75 Å². The third-order valence-corrected chi connectivity index (χ3v) is 4.19. The third kappa shape index (κ3) is 5.45. The van der Waals surface area contributed by atoms with Crippen LogP contribution in [0.25, 0.3) is 0 Å². The standard InChI is InChI=1S/C23H22N2O3/c1-17-6-5-9-20(16-17)23(27)25-24-22(26)19-10-12-21(13-11-19)28-15-14-18-7-3-2-4-8-18/h2-13,16H,14-15H2,1H3,(H,24,26)(H,25,27). The highest BCUT2D eigenvalue weighted by atomic mass is 16.5. The molecule has 2 amide bonds. The summed E-state index contributed by atoms with van der Waals surface area (Å²) in [7, 11) is 0. The van der Waals surface area contributed by atoms with Crippen LogP contribution >= 0.6 is 0 Å². The quantitative estimate of drug-likeness (QED) is 0.647. The maximum absolute atomic E-state index is 12.2. The Hall–Kier alpha value is -3.60. The summed E-state index contributed by atoms with van der Waals surface area (Å²) in [5.41, 5.74) is 7.95. The first kappa shape index (κ1) is 19.2. The number of nitrogens with one attached hydrogen (secondary N) is 2. The number of hydrogen-bond donors (Lipinski definition) is 2. The topological polar surface area (TPSA) is 67.4 Å². The Kier molecular flexibility index (Phi) is 6.41. The van der Waals surface area contributed by atoms with Crippen LogP contribution in [0.1, 0.15) is 31.8 Å². The summed E-state index contributed by atoms with van der Waals surface area (Å²) in [4.78, 5) is 24.3. The SMILES string of the molecule is Cc1cccc(C(=O)NNC(=O)c2ccc(OCCc3ccccc3)cc2)c1. The lowest BCUT2D eigenvalue weighted by Crippen LogP contribution is -2.41. The van der Waals surface area contributed by atoms with E-state index in [0.717, 1.165) is 12.0 Å². The summed E-state index contributed by atoms with van der Waals surface area (Å²) in [6.07, 6.45) is 0.814. The lowest BCUT2D eigenvalue weighted by atomic mass is 10.1. The predicted octanol–water partition coefficient (Wildman–Crippen LogP) is 3.69. The molecule has 0 aliphatic rings. The lowest BCUT2D eigenvalue weighted by molar-refractivity contribution is 0.0846. The fraction of sp³-hybridized carbons (Fsp3) is 0.130. The second-order valence-corrected chi connectivity index (χ2v) is 6.39. The smallest absolute Gasteiger partial charge is 0.269 e. The molecule has 0 spiro atoms. The fourth-order valence-corrected chi connectivity index (χ4v) is 2.68. The molecule has 3 rings (SSSR count). The van der Waals surface area contributed by atoms with E-state index in [-0.39, 0.29) is 5.91 Å². The van der Waals surface area contributed by atoms with Crippen molar-refractivity contribution < 1.29 is 14.3 Å². The first-order chi connectivity index (χ1) is 13.6. The maximum Gasteiger partial charge on any atom is 0.269 e. The van der Waals surface area contributed by atoms with Gasteiger partial charge in [0, 0.05) is 17.5 Å². The molecule has 0 saturated heterocycles. The van der Waals surface area contributed by atoms with Gasteiger partial charge in [0.15, 0.2) is 0 Å². The zero-order valence-corrected chi connectivity index (χ0v) is 15.6. The zero-order chi connectivity index (χ0) is 19.8. The van der Waals surface area contributed by atoms with Gasteiger partial charge in [0.25, 0.3) is 11.8 Å². The number of rotatable bonds is 6. The van der Waals surface area contributed by atoms with Crippen LogP contribution in [0, 0.1) is 6.92 Å². The molecule has 3 aromatic rings. The molecule has 0 radical (unpaired) electrons. The molecule has 0 atom stereocenters. The second-order valence-electron chi connectivity index (χ2n) is 6.39. The Morgan fingerprint density at radius 2 is 1.46 bits per heavy atom. The van der Waals surface area contributed by atoms with Gasteiger partial charge in [-0.2, -0.15) is 0 Å². The first-order valence-corrected chi connectivity index (χ1v) is 9.06. The number of hydrogen-bond acceptors (Lipinski definition) is 3. The minimum atomic E-state index is -0.392. The molecule has 142 valence electrons. The Labute approximate surface area is 164 Å². The number of ether oxygens (including phenoxy) is 1. The molecule has 0 aromatic heterocycles. The summed E-state index contributed by atoms with van der Waals surface area (Å²) in [6.45, 7) is 2.46. The van der Waals surface area contributed by atoms with Gasteiger partial charge in [-0.3, -0.25) is 20.4 Å². The maximum atomic E-state index is 12.2. The van der Waals surface area contributed by atoms with E-state index in [1.807, 2.05) is 31.2 Å². The molecule has 0 unspecified atom stereocenters. The van der Waals surface area contributed by atoms with Crippen molar-refractivity contribution in [3.8, 4) is 5.75 Å². The summed E-state index contributed by atoms with van der Waals surface area (Å²) < 4.78 is 5.71. The molecular formula is C23H22N2O3. The molecule has 0 aliphatic carbocycles. The average molecular weight is 374 g/mol. The number of carbonyl (C=O) groups is 2. The lowest BCUT2D eigenvalue weighted by Gasteiger charge is -2.09. The van der Waals surface area contributed by atoms with Crippen LogP contribution in [0.5, 0.6) is 5.75 Å². The van der Waals surface area contributed by atoms with Crippen molar-refractivity contribution in [2.24, 2.45) is 0 Å². The van der Waals surface area contributed by atoms with Crippen LogP contribution < -0.4 is 15.6 Å². The van der Waals surface area contributed by atoms with Gasteiger partial charge in [0.2, 0.25) is 0 Å². The largest absolute Gasteiger partial charge is 0.493 e. The highest BCUT2D eigenvalue weighted by molar-refractivity contribution is 5.99. The normalized spacial score (nSPS) is 10.2. The highest BCUT2D eigenvalue weighted by Gasteiger charge is 2.09. The van der Waals surface area contributed by atoms with E-state index < -0.39 is 5.91 Å². The van der Waals surface area contributed by atoms with Crippen LogP contribution in [0.3, 0.4) is 0 Å². The molecule has 5 heteroatoms. The van der Waals surface area contributed by atoms with Crippen molar-refractivity contribution >= 4 is 11.8 Å². The second kappa shape index (κ2) is 9.37. The van der Waals surface area contributed by atoms with Crippen molar-refractivity contribution in [1.29, 1.82) is 0 Å². The van der Waals surface area contributed by atoms with E-state index in [2.05, 4.69) is 23.0 Å². The average Bonchev–Trinajstić information content (AvgIpc) is 2.73. The zero-order valence-electron chi connectivity index (χ0n) is 15.6. The molecule has 0 saturated carbocycles. The summed E-state index contributed by atoms with van der Waals surface area (Å²) in [6, 6.07) is 24.0. The Balaban J connectivity index is 1.47. The van der Waals surface area contributed by atoms with E-state index >= 15 is 0 Å². The van der Waals surface area contributed by atoms with E-state index in [1.165, 1.54) is 5.56 Å². The molecule has 2 N–H and O–H groups in total.